The second kappa shape index (κ2) is 11.5. The molecule has 1 aliphatic rings. The molecule has 2 N–H and O–H groups in total. The maximum Gasteiger partial charge on any atom is 0.408 e. The molecule has 2 aromatic rings. The molecular formula is C24H27N3O5S. The van der Waals surface area contributed by atoms with Gasteiger partial charge in [0, 0.05) is 4.88 Å². The van der Waals surface area contributed by atoms with Gasteiger partial charge in [-0.25, -0.2) is 9.59 Å². The molecular weight excluding hydrogens is 442 g/mol. The zero-order chi connectivity index (χ0) is 23.8. The Bertz CT molecular complexity index is 1040. The van der Waals surface area contributed by atoms with Crippen LogP contribution in [0.2, 0.25) is 0 Å². The average molecular weight is 470 g/mol. The van der Waals surface area contributed by atoms with Crippen molar-refractivity contribution >= 4 is 34.3 Å². The Hall–Kier alpha value is -3.38. The number of nitrogens with one attached hydrogen (secondary N) is 2. The molecule has 3 rings (SSSR count). The van der Waals surface area contributed by atoms with Crippen molar-refractivity contribution in [1.29, 1.82) is 5.26 Å². The SMILES string of the molecule is CC(C)[C@H](NC(=O)OCc1ccccc1)C(=O)OCC(=O)Nc1sc2c(c1C#N)CCCC2. The molecule has 33 heavy (non-hydrogen) atoms. The van der Waals surface area contributed by atoms with Crippen molar-refractivity contribution < 1.29 is 23.9 Å². The smallest absolute Gasteiger partial charge is 0.408 e. The van der Waals surface area contributed by atoms with Crippen LogP contribution in [0.1, 0.15) is 48.3 Å². The molecule has 1 heterocycles. The molecule has 8 nitrogen and oxygen atoms in total. The number of ether oxygens (including phenoxy) is 2. The number of esters is 1. The van der Waals surface area contributed by atoms with Gasteiger partial charge in [0.15, 0.2) is 6.61 Å². The number of fused-ring (bicyclic) bond motifs is 1. The number of carbonyl (C=O) groups excluding carboxylic acids is 3. The maximum absolute atomic E-state index is 12.5. The van der Waals surface area contributed by atoms with Gasteiger partial charge < -0.3 is 20.1 Å². The summed E-state index contributed by atoms with van der Waals surface area (Å²) >= 11 is 1.40. The topological polar surface area (TPSA) is 118 Å². The Labute approximate surface area is 196 Å². The molecule has 0 spiro atoms. The van der Waals surface area contributed by atoms with E-state index < -0.39 is 30.6 Å². The summed E-state index contributed by atoms with van der Waals surface area (Å²) in [6.45, 7) is 3.05. The van der Waals surface area contributed by atoms with Gasteiger partial charge >= 0.3 is 12.1 Å². The van der Waals surface area contributed by atoms with Crippen molar-refractivity contribution in [1.82, 2.24) is 5.32 Å². The lowest BCUT2D eigenvalue weighted by Crippen LogP contribution is -2.46. The van der Waals surface area contributed by atoms with Crippen LogP contribution in [0.4, 0.5) is 9.80 Å². The number of aryl methyl sites for hydroxylation is 1. The third-order valence-electron chi connectivity index (χ3n) is 5.29. The molecule has 0 saturated carbocycles. The van der Waals surface area contributed by atoms with Gasteiger partial charge in [0.2, 0.25) is 0 Å². The second-order valence-electron chi connectivity index (χ2n) is 8.11. The standard InChI is InChI=1S/C24H27N3O5S/c1-15(2)21(27-24(30)32-13-16-8-4-3-5-9-16)23(29)31-14-20(28)26-22-18(12-25)17-10-6-7-11-19(17)33-22/h3-5,8-9,15,21H,6-7,10-11,13-14H2,1-2H3,(H,26,28)(H,27,30)/t21-/m0/s1. The van der Waals surface area contributed by atoms with E-state index in [4.69, 9.17) is 9.47 Å². The van der Waals surface area contributed by atoms with E-state index >= 15 is 0 Å². The first-order chi connectivity index (χ1) is 15.9. The van der Waals surface area contributed by atoms with Gasteiger partial charge in [-0.3, -0.25) is 4.79 Å². The van der Waals surface area contributed by atoms with E-state index in [1.165, 1.54) is 11.3 Å². The monoisotopic (exact) mass is 469 g/mol. The average Bonchev–Trinajstić information content (AvgIpc) is 3.16. The molecule has 0 saturated heterocycles. The molecule has 1 aromatic heterocycles. The van der Waals surface area contributed by atoms with E-state index in [1.807, 2.05) is 30.3 Å². The van der Waals surface area contributed by atoms with E-state index in [0.29, 0.717) is 10.6 Å². The van der Waals surface area contributed by atoms with Crippen LogP contribution in [-0.4, -0.2) is 30.6 Å². The number of benzene rings is 1. The van der Waals surface area contributed by atoms with Crippen LogP contribution in [0.3, 0.4) is 0 Å². The van der Waals surface area contributed by atoms with Gasteiger partial charge in [0.05, 0.1) is 5.56 Å². The molecule has 9 heteroatoms. The summed E-state index contributed by atoms with van der Waals surface area (Å²) in [6.07, 6.45) is 3.09. The zero-order valence-electron chi connectivity index (χ0n) is 18.7. The molecule has 0 aliphatic heterocycles. The minimum Gasteiger partial charge on any atom is -0.454 e. The van der Waals surface area contributed by atoms with E-state index in [1.54, 1.807) is 13.8 Å². The number of thiophene rings is 1. The number of amides is 2. The minimum absolute atomic E-state index is 0.0704. The predicted molar refractivity (Wildman–Crippen MR) is 124 cm³/mol. The Morgan fingerprint density at radius 2 is 1.85 bits per heavy atom. The van der Waals surface area contributed by atoms with Crippen molar-refractivity contribution in [3.63, 3.8) is 0 Å². The number of rotatable bonds is 8. The normalized spacial score (nSPS) is 13.4. The lowest BCUT2D eigenvalue weighted by Gasteiger charge is -2.20. The van der Waals surface area contributed by atoms with Crippen LogP contribution in [0.15, 0.2) is 30.3 Å². The highest BCUT2D eigenvalue weighted by Gasteiger charge is 2.27. The van der Waals surface area contributed by atoms with Crippen LogP contribution < -0.4 is 10.6 Å². The van der Waals surface area contributed by atoms with Crippen LogP contribution >= 0.6 is 11.3 Å². The number of anilines is 1. The predicted octanol–water partition coefficient (Wildman–Crippen LogP) is 3.93. The quantitative estimate of drug-likeness (QED) is 0.566. The third kappa shape index (κ3) is 6.56. The van der Waals surface area contributed by atoms with Gasteiger partial charge in [-0.15, -0.1) is 11.3 Å². The Morgan fingerprint density at radius 1 is 1.12 bits per heavy atom. The Morgan fingerprint density at radius 3 is 2.55 bits per heavy atom. The van der Waals surface area contributed by atoms with Crippen molar-refractivity contribution in [3.05, 3.63) is 51.9 Å². The van der Waals surface area contributed by atoms with Crippen LogP contribution in [0, 0.1) is 17.2 Å². The van der Waals surface area contributed by atoms with Gasteiger partial charge in [-0.05, 0) is 42.7 Å². The number of hydrogen-bond donors (Lipinski definition) is 2. The molecule has 1 aromatic carbocycles. The van der Waals surface area contributed by atoms with E-state index in [0.717, 1.165) is 41.7 Å². The van der Waals surface area contributed by atoms with Crippen LogP contribution in [0.25, 0.3) is 0 Å². The molecule has 0 unspecified atom stereocenters. The van der Waals surface area contributed by atoms with Crippen molar-refractivity contribution in [2.24, 2.45) is 5.92 Å². The molecule has 0 bridgehead atoms. The maximum atomic E-state index is 12.5. The molecule has 0 fully saturated rings. The lowest BCUT2D eigenvalue weighted by atomic mass is 9.96. The Kier molecular flexibility index (Phi) is 8.44. The van der Waals surface area contributed by atoms with Crippen molar-refractivity contribution in [2.75, 3.05) is 11.9 Å². The largest absolute Gasteiger partial charge is 0.454 e. The van der Waals surface area contributed by atoms with Crippen molar-refractivity contribution in [2.45, 2.75) is 52.2 Å². The van der Waals surface area contributed by atoms with Gasteiger partial charge in [0.1, 0.15) is 23.7 Å². The van der Waals surface area contributed by atoms with E-state index in [-0.39, 0.29) is 12.5 Å². The highest BCUT2D eigenvalue weighted by Crippen LogP contribution is 2.37. The van der Waals surface area contributed by atoms with E-state index in [2.05, 4.69) is 16.7 Å². The highest BCUT2D eigenvalue weighted by atomic mass is 32.1. The van der Waals surface area contributed by atoms with Gasteiger partial charge in [-0.2, -0.15) is 5.26 Å². The van der Waals surface area contributed by atoms with Crippen molar-refractivity contribution in [3.8, 4) is 6.07 Å². The first-order valence-corrected chi connectivity index (χ1v) is 11.7. The number of nitrogens with zero attached hydrogens (tertiary/aromatic N) is 1. The van der Waals surface area contributed by atoms with Gasteiger partial charge in [0.25, 0.3) is 5.91 Å². The summed E-state index contributed by atoms with van der Waals surface area (Å²) in [5, 5.41) is 15.2. The molecule has 0 radical (unpaired) electrons. The summed E-state index contributed by atoms with van der Waals surface area (Å²) in [7, 11) is 0. The summed E-state index contributed by atoms with van der Waals surface area (Å²) in [5.41, 5.74) is 2.33. The fourth-order valence-corrected chi connectivity index (χ4v) is 4.81. The van der Waals surface area contributed by atoms with Crippen LogP contribution in [0.5, 0.6) is 0 Å². The molecule has 174 valence electrons. The fraction of sp³-hybridized carbons (Fsp3) is 0.417. The molecule has 2 amide bonds. The minimum atomic E-state index is -0.968. The number of carbonyl (C=O) groups is 3. The Balaban J connectivity index is 1.51. The summed E-state index contributed by atoms with van der Waals surface area (Å²) in [6, 6.07) is 10.4. The highest BCUT2D eigenvalue weighted by molar-refractivity contribution is 7.16. The zero-order valence-corrected chi connectivity index (χ0v) is 19.5. The molecule has 1 atom stereocenters. The third-order valence-corrected chi connectivity index (χ3v) is 6.50. The lowest BCUT2D eigenvalue weighted by molar-refractivity contribution is -0.150. The van der Waals surface area contributed by atoms with Crippen LogP contribution in [-0.2, 0) is 38.5 Å². The number of hydrogen-bond acceptors (Lipinski definition) is 7. The summed E-state index contributed by atoms with van der Waals surface area (Å²) < 4.78 is 10.3. The number of alkyl carbamates (subject to hydrolysis) is 1. The first-order valence-electron chi connectivity index (χ1n) is 10.9. The second-order valence-corrected chi connectivity index (χ2v) is 9.22. The number of nitriles is 1. The van der Waals surface area contributed by atoms with Gasteiger partial charge in [-0.1, -0.05) is 44.2 Å². The first kappa shape index (κ1) is 24.3. The summed E-state index contributed by atoms with van der Waals surface area (Å²) in [4.78, 5) is 38.1. The fourth-order valence-electron chi connectivity index (χ4n) is 3.55. The molecule has 1 aliphatic carbocycles. The van der Waals surface area contributed by atoms with E-state index in [9.17, 15) is 19.6 Å². The summed E-state index contributed by atoms with van der Waals surface area (Å²) in [5.74, 6) is -1.55.